The molecule has 0 N–H and O–H groups in total. The van der Waals surface area contributed by atoms with E-state index < -0.39 is 11.6 Å². The van der Waals surface area contributed by atoms with Crippen LogP contribution in [0.3, 0.4) is 0 Å². The van der Waals surface area contributed by atoms with Gasteiger partial charge in [-0.15, -0.1) is 0 Å². The molecule has 0 aromatic heterocycles. The maximum atomic E-state index is 13.2. The Morgan fingerprint density at radius 2 is 1.83 bits per heavy atom. The zero-order chi connectivity index (χ0) is 12.7. The Labute approximate surface area is 104 Å². The van der Waals surface area contributed by atoms with Crippen molar-refractivity contribution in [3.63, 3.8) is 0 Å². The Morgan fingerprint density at radius 1 is 1.11 bits per heavy atom. The molecule has 0 radical (unpaired) electrons. The summed E-state index contributed by atoms with van der Waals surface area (Å²) < 4.78 is 26.5. The van der Waals surface area contributed by atoms with Crippen LogP contribution in [0.5, 0.6) is 0 Å². The van der Waals surface area contributed by atoms with Gasteiger partial charge in [0.1, 0.15) is 11.6 Å². The molecule has 2 nitrogen and oxygen atoms in total. The molecule has 4 heteroatoms. The van der Waals surface area contributed by atoms with Gasteiger partial charge in [0.15, 0.2) is 0 Å². The van der Waals surface area contributed by atoms with Crippen molar-refractivity contribution in [3.05, 3.63) is 47.2 Å². The van der Waals surface area contributed by atoms with Crippen molar-refractivity contribution in [2.75, 3.05) is 0 Å². The highest BCUT2D eigenvalue weighted by Crippen LogP contribution is 2.41. The highest BCUT2D eigenvalue weighted by Gasteiger charge is 2.35. The summed E-state index contributed by atoms with van der Waals surface area (Å²) in [5.74, 6) is -1.13. The molecular weight excluding hydrogens is 236 g/mol. The van der Waals surface area contributed by atoms with Crippen LogP contribution >= 0.6 is 0 Å². The van der Waals surface area contributed by atoms with Crippen LogP contribution in [0.15, 0.2) is 30.0 Å². The number of carbonyl (C=O) groups excluding carboxylic acids is 1. The van der Waals surface area contributed by atoms with Crippen molar-refractivity contribution in [2.24, 2.45) is 0 Å². The Bertz CT molecular complexity index is 518. The molecule has 94 valence electrons. The number of carbonyl (C=O) groups is 1. The highest BCUT2D eigenvalue weighted by molar-refractivity contribution is 5.80. The fraction of sp³-hybridized carbons (Fsp3) is 0.357. The van der Waals surface area contributed by atoms with Gasteiger partial charge in [-0.2, -0.15) is 0 Å². The van der Waals surface area contributed by atoms with Crippen molar-refractivity contribution in [1.29, 1.82) is 0 Å². The van der Waals surface area contributed by atoms with Gasteiger partial charge < -0.3 is 4.90 Å². The van der Waals surface area contributed by atoms with Crippen LogP contribution in [-0.2, 0) is 4.79 Å². The predicted molar refractivity (Wildman–Crippen MR) is 62.5 cm³/mol. The second kappa shape index (κ2) is 4.19. The van der Waals surface area contributed by atoms with E-state index in [1.807, 2.05) is 0 Å². The summed E-state index contributed by atoms with van der Waals surface area (Å²) in [6.07, 6.45) is 4.85. The van der Waals surface area contributed by atoms with E-state index in [1.54, 1.807) is 4.90 Å². The van der Waals surface area contributed by atoms with Crippen LogP contribution in [0.4, 0.5) is 8.78 Å². The highest BCUT2D eigenvalue weighted by atomic mass is 19.1. The third-order valence-corrected chi connectivity index (χ3v) is 3.57. The zero-order valence-corrected chi connectivity index (χ0v) is 9.83. The van der Waals surface area contributed by atoms with Crippen LogP contribution in [-0.4, -0.2) is 10.8 Å². The van der Waals surface area contributed by atoms with Crippen LogP contribution in [0, 0.1) is 11.6 Å². The number of halogens is 2. The molecule has 0 spiro atoms. The lowest BCUT2D eigenvalue weighted by Crippen LogP contribution is -2.31. The van der Waals surface area contributed by atoms with Crippen LogP contribution in [0.2, 0.25) is 0 Å². The molecule has 3 rings (SSSR count). The molecule has 2 aliphatic rings. The number of nitrogens with zero attached hydrogens (tertiary/aromatic N) is 1. The number of rotatable bonds is 1. The average molecular weight is 249 g/mol. The van der Waals surface area contributed by atoms with Gasteiger partial charge in [0.2, 0.25) is 5.91 Å². The van der Waals surface area contributed by atoms with Crippen LogP contribution in [0.1, 0.15) is 37.3 Å². The van der Waals surface area contributed by atoms with Gasteiger partial charge in [-0.1, -0.05) is 6.08 Å². The van der Waals surface area contributed by atoms with Gasteiger partial charge >= 0.3 is 0 Å². The fourth-order valence-corrected chi connectivity index (χ4v) is 2.83. The van der Waals surface area contributed by atoms with Crippen molar-refractivity contribution in [1.82, 2.24) is 4.90 Å². The second-order valence-corrected chi connectivity index (χ2v) is 4.76. The van der Waals surface area contributed by atoms with E-state index in [0.717, 1.165) is 31.0 Å². The first-order chi connectivity index (χ1) is 8.65. The molecule has 0 bridgehead atoms. The SMILES string of the molecule is O=C1CCC=C2CC[C@@H](c3cc(F)cc(F)c3)N12. The van der Waals surface area contributed by atoms with Crippen molar-refractivity contribution >= 4 is 5.91 Å². The van der Waals surface area contributed by atoms with Gasteiger partial charge in [0.05, 0.1) is 6.04 Å². The molecule has 1 fully saturated rings. The van der Waals surface area contributed by atoms with Gasteiger partial charge in [0, 0.05) is 18.2 Å². The molecule has 1 saturated heterocycles. The van der Waals surface area contributed by atoms with E-state index in [-0.39, 0.29) is 11.9 Å². The Balaban J connectivity index is 1.99. The summed E-state index contributed by atoms with van der Waals surface area (Å²) in [7, 11) is 0. The predicted octanol–water partition coefficient (Wildman–Crippen LogP) is 3.31. The lowest BCUT2D eigenvalue weighted by molar-refractivity contribution is -0.131. The number of allylic oxidation sites excluding steroid dienone is 2. The Morgan fingerprint density at radius 3 is 2.56 bits per heavy atom. The summed E-state index contributed by atoms with van der Waals surface area (Å²) in [6, 6.07) is 3.28. The Kier molecular flexibility index (Phi) is 2.65. The first kappa shape index (κ1) is 11.4. The van der Waals surface area contributed by atoms with Crippen molar-refractivity contribution in [3.8, 4) is 0 Å². The summed E-state index contributed by atoms with van der Waals surface area (Å²) in [6.45, 7) is 0. The van der Waals surface area contributed by atoms with E-state index in [9.17, 15) is 13.6 Å². The summed E-state index contributed by atoms with van der Waals surface area (Å²) in [5, 5.41) is 0. The van der Waals surface area contributed by atoms with E-state index in [1.165, 1.54) is 12.1 Å². The third-order valence-electron chi connectivity index (χ3n) is 3.57. The molecule has 0 unspecified atom stereocenters. The fourth-order valence-electron chi connectivity index (χ4n) is 2.83. The number of hydrogen-bond acceptors (Lipinski definition) is 1. The largest absolute Gasteiger partial charge is 0.309 e. The number of fused-ring (bicyclic) bond motifs is 1. The lowest BCUT2D eigenvalue weighted by Gasteiger charge is -2.29. The lowest BCUT2D eigenvalue weighted by atomic mass is 10.0. The maximum absolute atomic E-state index is 13.2. The monoisotopic (exact) mass is 249 g/mol. The first-order valence-corrected chi connectivity index (χ1v) is 6.12. The second-order valence-electron chi connectivity index (χ2n) is 4.76. The maximum Gasteiger partial charge on any atom is 0.227 e. The quantitative estimate of drug-likeness (QED) is 0.747. The van der Waals surface area contributed by atoms with E-state index in [4.69, 9.17) is 0 Å². The normalized spacial score (nSPS) is 23.0. The molecule has 1 atom stereocenters. The van der Waals surface area contributed by atoms with Gasteiger partial charge in [-0.05, 0) is 37.0 Å². The van der Waals surface area contributed by atoms with Crippen LogP contribution < -0.4 is 0 Å². The molecule has 1 aromatic rings. The third kappa shape index (κ3) is 1.82. The van der Waals surface area contributed by atoms with Gasteiger partial charge in [0.25, 0.3) is 0 Å². The molecule has 0 aliphatic carbocycles. The summed E-state index contributed by atoms with van der Waals surface area (Å²) in [5.41, 5.74) is 1.55. The molecule has 2 aliphatic heterocycles. The molecule has 1 aromatic carbocycles. The van der Waals surface area contributed by atoms with Crippen molar-refractivity contribution < 1.29 is 13.6 Å². The molecule has 2 heterocycles. The van der Waals surface area contributed by atoms with E-state index in [0.29, 0.717) is 12.0 Å². The van der Waals surface area contributed by atoms with Gasteiger partial charge in [-0.3, -0.25) is 4.79 Å². The summed E-state index contributed by atoms with van der Waals surface area (Å²) in [4.78, 5) is 13.6. The minimum atomic E-state index is -0.591. The molecule has 18 heavy (non-hydrogen) atoms. The summed E-state index contributed by atoms with van der Waals surface area (Å²) >= 11 is 0. The van der Waals surface area contributed by atoms with Crippen molar-refractivity contribution in [2.45, 2.75) is 31.7 Å². The van der Waals surface area contributed by atoms with E-state index >= 15 is 0 Å². The molecule has 1 amide bonds. The minimum Gasteiger partial charge on any atom is -0.309 e. The topological polar surface area (TPSA) is 20.3 Å². The zero-order valence-electron chi connectivity index (χ0n) is 9.83. The molecular formula is C14H13F2NO. The number of amides is 1. The van der Waals surface area contributed by atoms with Gasteiger partial charge in [-0.25, -0.2) is 8.78 Å². The average Bonchev–Trinajstić information content (AvgIpc) is 2.73. The molecule has 0 saturated carbocycles. The number of benzene rings is 1. The first-order valence-electron chi connectivity index (χ1n) is 6.12. The van der Waals surface area contributed by atoms with E-state index in [2.05, 4.69) is 6.08 Å². The number of hydrogen-bond donors (Lipinski definition) is 0. The standard InChI is InChI=1S/C14H13F2NO/c15-10-6-9(7-11(16)8-10)13-5-4-12-2-1-3-14(18)17(12)13/h2,6-8,13H,1,3-5H2/t13-/m0/s1. The Hall–Kier alpha value is -1.71. The van der Waals surface area contributed by atoms with Crippen LogP contribution in [0.25, 0.3) is 0 Å². The minimum absolute atomic E-state index is 0.0552. The smallest absolute Gasteiger partial charge is 0.227 e.